The fourth-order valence-corrected chi connectivity index (χ4v) is 3.75. The van der Waals surface area contributed by atoms with Crippen LogP contribution in [-0.2, 0) is 20.8 Å². The summed E-state index contributed by atoms with van der Waals surface area (Å²) < 4.78 is 10.3. The number of fused-ring (bicyclic) bond motifs is 1. The molecule has 0 saturated carbocycles. The van der Waals surface area contributed by atoms with Gasteiger partial charge in [0.15, 0.2) is 0 Å². The Hall–Kier alpha value is -3.54. The van der Waals surface area contributed by atoms with Crippen LogP contribution in [0.25, 0.3) is 10.8 Å². The zero-order valence-electron chi connectivity index (χ0n) is 19.9. The molecule has 33 heavy (non-hydrogen) atoms. The fourth-order valence-electron chi connectivity index (χ4n) is 3.75. The van der Waals surface area contributed by atoms with E-state index in [1.54, 1.807) is 0 Å². The van der Waals surface area contributed by atoms with Gasteiger partial charge in [0.25, 0.3) is 0 Å². The Bertz CT molecular complexity index is 1110. The first-order chi connectivity index (χ1) is 15.7. The summed E-state index contributed by atoms with van der Waals surface area (Å²) in [6.07, 6.45) is -0.240. The van der Waals surface area contributed by atoms with Crippen LogP contribution in [0.1, 0.15) is 39.7 Å². The van der Waals surface area contributed by atoms with Crippen molar-refractivity contribution < 1.29 is 19.1 Å². The zero-order valence-corrected chi connectivity index (χ0v) is 19.9. The summed E-state index contributed by atoms with van der Waals surface area (Å²) in [5.74, 6) is -0.256. The summed E-state index contributed by atoms with van der Waals surface area (Å²) in [5.41, 5.74) is 2.19. The van der Waals surface area contributed by atoms with Crippen LogP contribution in [0.3, 0.4) is 0 Å². The van der Waals surface area contributed by atoms with Gasteiger partial charge >= 0.3 is 12.1 Å². The smallest absolute Gasteiger partial charge is 0.412 e. The van der Waals surface area contributed by atoms with Crippen molar-refractivity contribution >= 4 is 34.2 Å². The number of hydrogen-bond donors (Lipinski definition) is 1. The number of nitrogens with zero attached hydrogens (tertiary/aromatic N) is 1. The van der Waals surface area contributed by atoms with E-state index in [4.69, 9.17) is 9.47 Å². The molecule has 0 saturated heterocycles. The number of methoxy groups -OCH3 is 1. The van der Waals surface area contributed by atoms with Crippen molar-refractivity contribution in [3.8, 4) is 0 Å². The van der Waals surface area contributed by atoms with Crippen LogP contribution in [-0.4, -0.2) is 30.8 Å². The highest BCUT2D eigenvalue weighted by Crippen LogP contribution is 2.35. The van der Waals surface area contributed by atoms with Gasteiger partial charge in [-0.1, -0.05) is 54.6 Å². The first-order valence-corrected chi connectivity index (χ1v) is 11.1. The third-order valence-corrected chi connectivity index (χ3v) is 5.26. The normalized spacial score (nSPS) is 12.2. The number of carbonyl (C=O) groups is 2. The van der Waals surface area contributed by atoms with Gasteiger partial charge in [0.05, 0.1) is 19.2 Å². The second-order valence-electron chi connectivity index (χ2n) is 9.05. The molecule has 1 unspecified atom stereocenters. The first kappa shape index (κ1) is 24.1. The Morgan fingerprint density at radius 3 is 2.21 bits per heavy atom. The Labute approximate surface area is 195 Å². The number of amides is 1. The summed E-state index contributed by atoms with van der Waals surface area (Å²) in [6, 6.07) is 21.8. The van der Waals surface area contributed by atoms with Crippen molar-refractivity contribution in [2.75, 3.05) is 17.3 Å². The molecule has 3 aromatic carbocycles. The molecule has 0 heterocycles. The predicted molar refractivity (Wildman–Crippen MR) is 133 cm³/mol. The Morgan fingerprint density at radius 1 is 0.939 bits per heavy atom. The number of carbonyl (C=O) groups excluding carboxylic acids is 2. The topological polar surface area (TPSA) is 67.9 Å². The highest BCUT2D eigenvalue weighted by atomic mass is 16.6. The van der Waals surface area contributed by atoms with E-state index in [1.807, 2.05) is 82.3 Å². The summed E-state index contributed by atoms with van der Waals surface area (Å²) in [7, 11) is 1.41. The SMILES string of the molecule is COC(=O)CC(C)N(Cc1ccccc1)c1ccc(NC(=O)OC(C)(C)C)c2ccccc12. The average molecular weight is 449 g/mol. The minimum Gasteiger partial charge on any atom is -0.469 e. The fraction of sp³-hybridized carbons (Fsp3) is 0.333. The maximum atomic E-state index is 12.4. The van der Waals surface area contributed by atoms with E-state index in [0.29, 0.717) is 12.2 Å². The number of rotatable bonds is 7. The molecule has 0 aliphatic carbocycles. The maximum absolute atomic E-state index is 12.4. The Kier molecular flexibility index (Phi) is 7.59. The number of hydrogen-bond acceptors (Lipinski definition) is 5. The number of benzene rings is 3. The maximum Gasteiger partial charge on any atom is 0.412 e. The van der Waals surface area contributed by atoms with E-state index >= 15 is 0 Å². The van der Waals surface area contributed by atoms with Crippen molar-refractivity contribution in [2.24, 2.45) is 0 Å². The molecule has 174 valence electrons. The number of ether oxygens (including phenoxy) is 2. The molecule has 0 aliphatic rings. The van der Waals surface area contributed by atoms with Gasteiger partial charge < -0.3 is 14.4 Å². The van der Waals surface area contributed by atoms with E-state index in [0.717, 1.165) is 22.0 Å². The average Bonchev–Trinajstić information content (AvgIpc) is 2.77. The van der Waals surface area contributed by atoms with Crippen molar-refractivity contribution in [1.29, 1.82) is 0 Å². The van der Waals surface area contributed by atoms with E-state index < -0.39 is 11.7 Å². The predicted octanol–water partition coefficient (Wildman–Crippen LogP) is 6.15. The lowest BCUT2D eigenvalue weighted by molar-refractivity contribution is -0.140. The van der Waals surface area contributed by atoms with Gasteiger partial charge in [0.1, 0.15) is 5.60 Å². The lowest BCUT2D eigenvalue weighted by Crippen LogP contribution is -2.35. The molecule has 0 radical (unpaired) electrons. The minimum atomic E-state index is -0.588. The lowest BCUT2D eigenvalue weighted by Gasteiger charge is -2.32. The van der Waals surface area contributed by atoms with Crippen LogP contribution in [0, 0.1) is 0 Å². The minimum absolute atomic E-state index is 0.106. The quantitative estimate of drug-likeness (QED) is 0.439. The molecular formula is C27H32N2O4. The summed E-state index contributed by atoms with van der Waals surface area (Å²) in [5, 5.41) is 4.74. The molecule has 6 heteroatoms. The van der Waals surface area contributed by atoms with Gasteiger partial charge in [0, 0.05) is 29.0 Å². The van der Waals surface area contributed by atoms with Crippen LogP contribution in [0.2, 0.25) is 0 Å². The molecule has 1 N–H and O–H groups in total. The van der Waals surface area contributed by atoms with Crippen LogP contribution in [0.5, 0.6) is 0 Å². The molecule has 1 amide bonds. The second kappa shape index (κ2) is 10.4. The molecule has 0 aromatic heterocycles. The second-order valence-corrected chi connectivity index (χ2v) is 9.05. The van der Waals surface area contributed by atoms with Crippen molar-refractivity contribution in [3.05, 3.63) is 72.3 Å². The summed E-state index contributed by atoms with van der Waals surface area (Å²) in [4.78, 5) is 26.7. The number of anilines is 2. The summed E-state index contributed by atoms with van der Waals surface area (Å²) in [6.45, 7) is 8.14. The monoisotopic (exact) mass is 448 g/mol. The van der Waals surface area contributed by atoms with Crippen LogP contribution >= 0.6 is 0 Å². The van der Waals surface area contributed by atoms with Crippen molar-refractivity contribution in [2.45, 2.75) is 52.3 Å². The molecule has 3 aromatic rings. The van der Waals surface area contributed by atoms with Crippen LogP contribution in [0.15, 0.2) is 66.7 Å². The van der Waals surface area contributed by atoms with Crippen molar-refractivity contribution in [1.82, 2.24) is 0 Å². The number of esters is 1. The highest BCUT2D eigenvalue weighted by Gasteiger charge is 2.22. The van der Waals surface area contributed by atoms with E-state index in [9.17, 15) is 9.59 Å². The Balaban J connectivity index is 2.02. The lowest BCUT2D eigenvalue weighted by atomic mass is 10.0. The molecular weight excluding hydrogens is 416 g/mol. The van der Waals surface area contributed by atoms with E-state index in [1.165, 1.54) is 7.11 Å². The molecule has 0 bridgehead atoms. The van der Waals surface area contributed by atoms with Gasteiger partial charge in [-0.05, 0) is 45.4 Å². The molecule has 0 fully saturated rings. The molecule has 3 rings (SSSR count). The Morgan fingerprint density at radius 2 is 1.58 bits per heavy atom. The largest absolute Gasteiger partial charge is 0.469 e. The highest BCUT2D eigenvalue weighted by molar-refractivity contribution is 6.05. The molecule has 0 spiro atoms. The molecule has 6 nitrogen and oxygen atoms in total. The first-order valence-electron chi connectivity index (χ1n) is 11.1. The van der Waals surface area contributed by atoms with Gasteiger partial charge in [-0.2, -0.15) is 0 Å². The van der Waals surface area contributed by atoms with Crippen LogP contribution in [0.4, 0.5) is 16.2 Å². The van der Waals surface area contributed by atoms with Crippen molar-refractivity contribution in [3.63, 3.8) is 0 Å². The third kappa shape index (κ3) is 6.48. The van der Waals surface area contributed by atoms with E-state index in [2.05, 4.69) is 22.3 Å². The van der Waals surface area contributed by atoms with Gasteiger partial charge in [-0.3, -0.25) is 10.1 Å². The third-order valence-electron chi connectivity index (χ3n) is 5.26. The standard InChI is InChI=1S/C27H32N2O4/c1-19(17-25(30)32-5)29(18-20-11-7-6-8-12-20)24-16-15-23(21-13-9-10-14-22(21)24)28-26(31)33-27(2,3)4/h6-16,19H,17-18H2,1-5H3,(H,28,31). The zero-order chi connectivity index (χ0) is 24.0. The molecule has 0 aliphatic heterocycles. The van der Waals surface area contributed by atoms with E-state index in [-0.39, 0.29) is 18.4 Å². The number of nitrogens with one attached hydrogen (secondary N) is 1. The van der Waals surface area contributed by atoms with Crippen LogP contribution < -0.4 is 10.2 Å². The summed E-state index contributed by atoms with van der Waals surface area (Å²) >= 11 is 0. The van der Waals surface area contributed by atoms with Gasteiger partial charge in [-0.25, -0.2) is 4.79 Å². The molecule has 1 atom stereocenters. The van der Waals surface area contributed by atoms with Gasteiger partial charge in [-0.15, -0.1) is 0 Å². The van der Waals surface area contributed by atoms with Gasteiger partial charge in [0.2, 0.25) is 0 Å².